The van der Waals surface area contributed by atoms with Crippen LogP contribution in [0.1, 0.15) is 44.7 Å². The SMILES string of the molecule is COc1cc(OC)cc(N2Cc3cnc(Nc4ccc(N5CCC(C(C)(C)C)CC5)cc4)nc3N(Cc3ccccc3)C2=O)c1. The summed E-state index contributed by atoms with van der Waals surface area (Å²) < 4.78 is 11.0. The van der Waals surface area contributed by atoms with Gasteiger partial charge in [0.25, 0.3) is 0 Å². The van der Waals surface area contributed by atoms with Gasteiger partial charge in [0.1, 0.15) is 17.3 Å². The Hall–Kier alpha value is -4.79. The van der Waals surface area contributed by atoms with E-state index in [0.717, 1.165) is 35.8 Å². The number of urea groups is 1. The zero-order chi connectivity index (χ0) is 31.6. The second kappa shape index (κ2) is 12.7. The largest absolute Gasteiger partial charge is 0.497 e. The second-order valence-electron chi connectivity index (χ2n) is 12.9. The molecule has 0 aliphatic carbocycles. The molecule has 0 spiro atoms. The van der Waals surface area contributed by atoms with Crippen molar-refractivity contribution in [2.24, 2.45) is 11.3 Å². The third-order valence-corrected chi connectivity index (χ3v) is 8.93. The number of fused-ring (bicyclic) bond motifs is 1. The lowest BCUT2D eigenvalue weighted by Gasteiger charge is -2.39. The Labute approximate surface area is 265 Å². The van der Waals surface area contributed by atoms with Gasteiger partial charge in [-0.15, -0.1) is 0 Å². The third kappa shape index (κ3) is 6.67. The molecule has 0 unspecified atom stereocenters. The Morgan fingerprint density at radius 2 is 1.56 bits per heavy atom. The molecule has 0 atom stereocenters. The highest BCUT2D eigenvalue weighted by Gasteiger charge is 2.34. The predicted octanol–water partition coefficient (Wildman–Crippen LogP) is 7.65. The summed E-state index contributed by atoms with van der Waals surface area (Å²) in [7, 11) is 3.19. The van der Waals surface area contributed by atoms with Crippen LogP contribution in [-0.2, 0) is 13.1 Å². The average molecular weight is 607 g/mol. The molecule has 234 valence electrons. The number of methoxy groups -OCH3 is 2. The third-order valence-electron chi connectivity index (χ3n) is 8.93. The van der Waals surface area contributed by atoms with Gasteiger partial charge in [-0.05, 0) is 54.0 Å². The normalized spacial score (nSPS) is 15.6. The summed E-state index contributed by atoms with van der Waals surface area (Å²) in [5.74, 6) is 3.00. The number of hydrogen-bond donors (Lipinski definition) is 1. The number of benzene rings is 3. The molecule has 2 aliphatic heterocycles. The van der Waals surface area contributed by atoms with Crippen LogP contribution in [0.2, 0.25) is 0 Å². The molecule has 4 aromatic rings. The van der Waals surface area contributed by atoms with Crippen molar-refractivity contribution in [2.45, 2.75) is 46.7 Å². The molecule has 1 aromatic heterocycles. The highest BCUT2D eigenvalue weighted by Crippen LogP contribution is 2.37. The first-order valence-electron chi connectivity index (χ1n) is 15.6. The number of hydrogen-bond acceptors (Lipinski definition) is 7. The maximum atomic E-state index is 14.1. The highest BCUT2D eigenvalue weighted by atomic mass is 16.5. The number of amides is 2. The molecule has 1 N–H and O–H groups in total. The molecule has 3 heterocycles. The fourth-order valence-corrected chi connectivity index (χ4v) is 6.22. The van der Waals surface area contributed by atoms with Gasteiger partial charge < -0.3 is 19.7 Å². The number of nitrogens with one attached hydrogen (secondary N) is 1. The molecule has 1 saturated heterocycles. The van der Waals surface area contributed by atoms with Crippen LogP contribution < -0.4 is 29.5 Å². The minimum atomic E-state index is -0.189. The maximum Gasteiger partial charge on any atom is 0.330 e. The van der Waals surface area contributed by atoms with Crippen molar-refractivity contribution in [3.05, 3.63) is 90.1 Å². The van der Waals surface area contributed by atoms with Crippen molar-refractivity contribution >= 4 is 34.9 Å². The summed E-state index contributed by atoms with van der Waals surface area (Å²) in [6.07, 6.45) is 4.23. The smallest absolute Gasteiger partial charge is 0.330 e. The van der Waals surface area contributed by atoms with Gasteiger partial charge in [0, 0.05) is 54.4 Å². The first-order valence-corrected chi connectivity index (χ1v) is 15.6. The van der Waals surface area contributed by atoms with E-state index in [1.807, 2.05) is 42.5 Å². The summed E-state index contributed by atoms with van der Waals surface area (Å²) in [6.45, 7) is 9.88. The monoisotopic (exact) mass is 606 g/mol. The Morgan fingerprint density at radius 1 is 0.889 bits per heavy atom. The van der Waals surface area contributed by atoms with Gasteiger partial charge in [0.05, 0.1) is 33.0 Å². The summed E-state index contributed by atoms with van der Waals surface area (Å²) in [4.78, 5) is 29.5. The van der Waals surface area contributed by atoms with Crippen molar-refractivity contribution in [2.75, 3.05) is 47.3 Å². The summed E-state index contributed by atoms with van der Waals surface area (Å²) in [6, 6.07) is 23.6. The van der Waals surface area contributed by atoms with Gasteiger partial charge in [-0.1, -0.05) is 51.1 Å². The molecule has 2 aliphatic rings. The van der Waals surface area contributed by atoms with Gasteiger partial charge in [-0.3, -0.25) is 9.80 Å². The number of aromatic nitrogens is 2. The zero-order valence-corrected chi connectivity index (χ0v) is 26.8. The molecule has 45 heavy (non-hydrogen) atoms. The molecule has 9 nitrogen and oxygen atoms in total. The maximum absolute atomic E-state index is 14.1. The number of carbonyl (C=O) groups is 1. The van der Waals surface area contributed by atoms with Gasteiger partial charge in [-0.2, -0.15) is 4.98 Å². The topological polar surface area (TPSA) is 83.1 Å². The van der Waals surface area contributed by atoms with Gasteiger partial charge in [0.2, 0.25) is 5.95 Å². The Morgan fingerprint density at radius 3 is 2.18 bits per heavy atom. The standard InChI is InChI=1S/C36H42N6O3/c1-36(2,3)27-15-17-40(18-16-27)29-13-11-28(12-14-29)38-34-37-22-26-24-41(30-19-31(44-4)21-32(20-30)45-5)35(43)42(33(26)39-34)23-25-9-7-6-8-10-25/h6-14,19-22,27H,15-18,23-24H2,1-5H3,(H,37,38,39). The first kappa shape index (κ1) is 30.2. The van der Waals surface area contributed by atoms with Crippen molar-refractivity contribution in [1.29, 1.82) is 0 Å². The van der Waals surface area contributed by atoms with Crippen LogP contribution in [0.5, 0.6) is 11.5 Å². The molecule has 9 heteroatoms. The average Bonchev–Trinajstić information content (AvgIpc) is 3.06. The predicted molar refractivity (Wildman–Crippen MR) is 180 cm³/mol. The van der Waals surface area contributed by atoms with Crippen LogP contribution in [0.4, 0.5) is 33.6 Å². The Bertz CT molecular complexity index is 1610. The molecule has 0 bridgehead atoms. The highest BCUT2D eigenvalue weighted by molar-refractivity contribution is 6.05. The van der Waals surface area contributed by atoms with E-state index in [2.05, 4.69) is 60.2 Å². The summed E-state index contributed by atoms with van der Waals surface area (Å²) >= 11 is 0. The van der Waals surface area contributed by atoms with E-state index in [9.17, 15) is 4.79 Å². The molecule has 1 fully saturated rings. The lowest BCUT2D eigenvalue weighted by molar-refractivity contribution is 0.199. The first-order chi connectivity index (χ1) is 21.7. The molecule has 0 saturated carbocycles. The molecule has 3 aromatic carbocycles. The summed E-state index contributed by atoms with van der Waals surface area (Å²) in [5.41, 5.74) is 4.99. The number of carbonyl (C=O) groups excluding carboxylic acids is 1. The number of nitrogens with zero attached hydrogens (tertiary/aromatic N) is 5. The van der Waals surface area contributed by atoms with Gasteiger partial charge >= 0.3 is 6.03 Å². The van der Waals surface area contributed by atoms with Crippen LogP contribution in [0.15, 0.2) is 79.0 Å². The molecule has 0 radical (unpaired) electrons. The van der Waals surface area contributed by atoms with Crippen molar-refractivity contribution in [3.63, 3.8) is 0 Å². The van der Waals surface area contributed by atoms with Crippen molar-refractivity contribution in [1.82, 2.24) is 9.97 Å². The van der Waals surface area contributed by atoms with Gasteiger partial charge in [-0.25, -0.2) is 9.78 Å². The van der Waals surface area contributed by atoms with Crippen LogP contribution in [0.25, 0.3) is 0 Å². The zero-order valence-electron chi connectivity index (χ0n) is 26.8. The number of ether oxygens (including phenoxy) is 2. The van der Waals surface area contributed by atoms with E-state index in [4.69, 9.17) is 14.5 Å². The van der Waals surface area contributed by atoms with E-state index in [1.54, 1.807) is 36.3 Å². The Balaban J connectivity index is 1.24. The van der Waals surface area contributed by atoms with Crippen molar-refractivity contribution < 1.29 is 14.3 Å². The van der Waals surface area contributed by atoms with E-state index < -0.39 is 0 Å². The van der Waals surface area contributed by atoms with E-state index in [1.165, 1.54) is 18.5 Å². The Kier molecular flexibility index (Phi) is 8.52. The van der Waals surface area contributed by atoms with Gasteiger partial charge in [0.15, 0.2) is 0 Å². The second-order valence-corrected chi connectivity index (χ2v) is 12.9. The molecular formula is C36H42N6O3. The van der Waals surface area contributed by atoms with E-state index in [-0.39, 0.29) is 6.03 Å². The molecule has 6 rings (SSSR count). The van der Waals surface area contributed by atoms with Crippen molar-refractivity contribution in [3.8, 4) is 11.5 Å². The van der Waals surface area contributed by atoms with Crippen LogP contribution in [0, 0.1) is 11.3 Å². The van der Waals surface area contributed by atoms with E-state index >= 15 is 0 Å². The minimum absolute atomic E-state index is 0.189. The number of rotatable bonds is 8. The lowest BCUT2D eigenvalue weighted by Crippen LogP contribution is -2.47. The van der Waals surface area contributed by atoms with Crippen LogP contribution in [-0.4, -0.2) is 43.3 Å². The van der Waals surface area contributed by atoms with Crippen LogP contribution in [0.3, 0.4) is 0 Å². The minimum Gasteiger partial charge on any atom is -0.497 e. The fraction of sp³-hybridized carbons (Fsp3) is 0.361. The quantitative estimate of drug-likeness (QED) is 0.221. The lowest BCUT2D eigenvalue weighted by atomic mass is 9.75. The number of piperidine rings is 1. The fourth-order valence-electron chi connectivity index (χ4n) is 6.22. The van der Waals surface area contributed by atoms with E-state index in [0.29, 0.717) is 47.5 Å². The number of anilines is 5. The molecule has 2 amide bonds. The molecular weight excluding hydrogens is 564 g/mol. The summed E-state index contributed by atoms with van der Waals surface area (Å²) in [5, 5.41) is 3.36. The van der Waals surface area contributed by atoms with Crippen LogP contribution >= 0.6 is 0 Å².